The lowest BCUT2D eigenvalue weighted by atomic mass is 10.0. The summed E-state index contributed by atoms with van der Waals surface area (Å²) >= 11 is 0. The molecule has 2 saturated heterocycles. The Hall–Kier alpha value is -0.980. The molecule has 0 saturated carbocycles. The molecule has 2 fully saturated rings. The van der Waals surface area contributed by atoms with Gasteiger partial charge in [-0.1, -0.05) is 5.16 Å². The fourth-order valence-electron chi connectivity index (χ4n) is 3.44. The number of hydrogen-bond acceptors (Lipinski definition) is 6. The van der Waals surface area contributed by atoms with Crippen LogP contribution in [-0.2, 0) is 11.2 Å². The van der Waals surface area contributed by atoms with E-state index in [1.807, 2.05) is 6.92 Å². The van der Waals surface area contributed by atoms with Gasteiger partial charge in [0.15, 0.2) is 5.82 Å². The summed E-state index contributed by atoms with van der Waals surface area (Å²) in [5, 5.41) is 7.54. The summed E-state index contributed by atoms with van der Waals surface area (Å²) in [4.78, 5) is 7.18. The molecule has 118 valence electrons. The van der Waals surface area contributed by atoms with Crippen LogP contribution in [0.5, 0.6) is 0 Å². The summed E-state index contributed by atoms with van der Waals surface area (Å²) in [5.74, 6) is 1.58. The van der Waals surface area contributed by atoms with Gasteiger partial charge in [-0.05, 0) is 52.2 Å². The highest BCUT2D eigenvalue weighted by Crippen LogP contribution is 2.34. The number of rotatable bonds is 6. The average molecular weight is 294 g/mol. The van der Waals surface area contributed by atoms with E-state index in [0.717, 1.165) is 50.8 Å². The first-order chi connectivity index (χ1) is 10.4. The number of aromatic nitrogens is 2. The van der Waals surface area contributed by atoms with Crippen LogP contribution < -0.4 is 5.32 Å². The van der Waals surface area contributed by atoms with Gasteiger partial charge in [-0.2, -0.15) is 4.98 Å². The van der Waals surface area contributed by atoms with Crippen molar-refractivity contribution in [2.75, 3.05) is 32.8 Å². The van der Waals surface area contributed by atoms with Crippen molar-refractivity contribution >= 4 is 0 Å². The van der Waals surface area contributed by atoms with E-state index in [1.54, 1.807) is 0 Å². The van der Waals surface area contributed by atoms with Crippen LogP contribution in [0.2, 0.25) is 0 Å². The summed E-state index contributed by atoms with van der Waals surface area (Å²) in [6, 6.07) is 0.985. The topological polar surface area (TPSA) is 63.4 Å². The first-order valence-electron chi connectivity index (χ1n) is 8.25. The van der Waals surface area contributed by atoms with E-state index in [4.69, 9.17) is 9.26 Å². The molecule has 1 aromatic rings. The predicted octanol–water partition coefficient (Wildman–Crippen LogP) is 1.54. The molecular formula is C15H26N4O2. The van der Waals surface area contributed by atoms with E-state index >= 15 is 0 Å². The molecule has 21 heavy (non-hydrogen) atoms. The Kier molecular flexibility index (Phi) is 5.22. The van der Waals surface area contributed by atoms with Crippen molar-refractivity contribution in [1.29, 1.82) is 0 Å². The Morgan fingerprint density at radius 3 is 3.00 bits per heavy atom. The SMILES string of the molecule is CCOCCc1noc(C2CCCN2C2CCNCC2)n1. The van der Waals surface area contributed by atoms with Crippen molar-refractivity contribution in [1.82, 2.24) is 20.4 Å². The third-order valence-electron chi connectivity index (χ3n) is 4.51. The number of likely N-dealkylation sites (tertiary alicyclic amines) is 1. The molecule has 2 aliphatic rings. The number of nitrogens with zero attached hydrogens (tertiary/aromatic N) is 3. The van der Waals surface area contributed by atoms with Crippen LogP contribution in [0, 0.1) is 0 Å². The molecule has 0 spiro atoms. The van der Waals surface area contributed by atoms with Crippen molar-refractivity contribution in [2.45, 2.75) is 51.1 Å². The van der Waals surface area contributed by atoms with E-state index in [9.17, 15) is 0 Å². The maximum atomic E-state index is 5.53. The van der Waals surface area contributed by atoms with Gasteiger partial charge in [0, 0.05) is 19.1 Å². The molecule has 1 unspecified atom stereocenters. The predicted molar refractivity (Wildman–Crippen MR) is 79.1 cm³/mol. The molecule has 1 aromatic heterocycles. The van der Waals surface area contributed by atoms with Gasteiger partial charge < -0.3 is 14.6 Å². The summed E-state index contributed by atoms with van der Waals surface area (Å²) < 4.78 is 10.9. The van der Waals surface area contributed by atoms with Crippen molar-refractivity contribution in [3.8, 4) is 0 Å². The Balaban J connectivity index is 1.61. The van der Waals surface area contributed by atoms with Crippen LogP contribution in [-0.4, -0.2) is 53.9 Å². The Morgan fingerprint density at radius 2 is 2.19 bits per heavy atom. The second-order valence-electron chi connectivity index (χ2n) is 5.87. The Labute approximate surface area is 126 Å². The molecule has 3 heterocycles. The number of nitrogens with one attached hydrogen (secondary N) is 1. The van der Waals surface area contributed by atoms with Crippen molar-refractivity contribution < 1.29 is 9.26 Å². The van der Waals surface area contributed by atoms with Gasteiger partial charge in [0.2, 0.25) is 5.89 Å². The number of piperidine rings is 1. The quantitative estimate of drug-likeness (QED) is 0.803. The van der Waals surface area contributed by atoms with E-state index in [0.29, 0.717) is 18.7 Å². The average Bonchev–Trinajstić information content (AvgIpc) is 3.17. The third-order valence-corrected chi connectivity index (χ3v) is 4.51. The lowest BCUT2D eigenvalue weighted by Crippen LogP contribution is -2.42. The normalized spacial score (nSPS) is 24.7. The third kappa shape index (κ3) is 3.62. The molecule has 6 heteroatoms. The monoisotopic (exact) mass is 294 g/mol. The number of hydrogen-bond donors (Lipinski definition) is 1. The van der Waals surface area contributed by atoms with Crippen LogP contribution in [0.15, 0.2) is 4.52 Å². The minimum Gasteiger partial charge on any atom is -0.381 e. The summed E-state index contributed by atoms with van der Waals surface area (Å²) in [5.41, 5.74) is 0. The van der Waals surface area contributed by atoms with Crippen LogP contribution >= 0.6 is 0 Å². The second kappa shape index (κ2) is 7.33. The fourth-order valence-corrected chi connectivity index (χ4v) is 3.44. The molecule has 6 nitrogen and oxygen atoms in total. The van der Waals surface area contributed by atoms with E-state index in [1.165, 1.54) is 19.3 Å². The zero-order valence-electron chi connectivity index (χ0n) is 12.9. The lowest BCUT2D eigenvalue weighted by molar-refractivity contribution is 0.126. The smallest absolute Gasteiger partial charge is 0.244 e. The van der Waals surface area contributed by atoms with Crippen molar-refractivity contribution in [3.05, 3.63) is 11.7 Å². The first-order valence-corrected chi connectivity index (χ1v) is 8.25. The van der Waals surface area contributed by atoms with E-state index < -0.39 is 0 Å². The molecule has 0 bridgehead atoms. The first kappa shape index (κ1) is 14.9. The molecule has 2 aliphatic heterocycles. The zero-order valence-corrected chi connectivity index (χ0v) is 12.9. The van der Waals surface area contributed by atoms with E-state index in [-0.39, 0.29) is 0 Å². The molecule has 0 amide bonds. The largest absolute Gasteiger partial charge is 0.381 e. The van der Waals surface area contributed by atoms with Gasteiger partial charge in [0.05, 0.1) is 12.6 Å². The Bertz CT molecular complexity index is 431. The molecule has 0 aliphatic carbocycles. The van der Waals surface area contributed by atoms with Gasteiger partial charge in [-0.25, -0.2) is 0 Å². The highest BCUT2D eigenvalue weighted by atomic mass is 16.5. The highest BCUT2D eigenvalue weighted by Gasteiger charge is 2.35. The van der Waals surface area contributed by atoms with Crippen LogP contribution in [0.3, 0.4) is 0 Å². The van der Waals surface area contributed by atoms with Gasteiger partial charge >= 0.3 is 0 Å². The molecule has 0 aromatic carbocycles. The van der Waals surface area contributed by atoms with Gasteiger partial charge in [-0.15, -0.1) is 0 Å². The van der Waals surface area contributed by atoms with Crippen LogP contribution in [0.4, 0.5) is 0 Å². The zero-order chi connectivity index (χ0) is 14.5. The summed E-state index contributed by atoms with van der Waals surface area (Å²) in [7, 11) is 0. The van der Waals surface area contributed by atoms with Crippen LogP contribution in [0.25, 0.3) is 0 Å². The second-order valence-corrected chi connectivity index (χ2v) is 5.87. The Morgan fingerprint density at radius 1 is 1.33 bits per heavy atom. The van der Waals surface area contributed by atoms with Crippen molar-refractivity contribution in [3.63, 3.8) is 0 Å². The maximum absolute atomic E-state index is 5.53. The van der Waals surface area contributed by atoms with Crippen LogP contribution in [0.1, 0.15) is 50.4 Å². The lowest BCUT2D eigenvalue weighted by Gasteiger charge is -2.34. The van der Waals surface area contributed by atoms with Gasteiger partial charge in [0.1, 0.15) is 0 Å². The van der Waals surface area contributed by atoms with Crippen molar-refractivity contribution in [2.24, 2.45) is 0 Å². The molecule has 0 radical (unpaired) electrons. The maximum Gasteiger partial charge on any atom is 0.244 e. The molecular weight excluding hydrogens is 268 g/mol. The molecule has 3 rings (SSSR count). The highest BCUT2D eigenvalue weighted by molar-refractivity contribution is 4.99. The van der Waals surface area contributed by atoms with Gasteiger partial charge in [-0.3, -0.25) is 4.90 Å². The standard InChI is InChI=1S/C15H26N4O2/c1-2-20-11-7-14-17-15(21-18-14)13-4-3-10-19(13)12-5-8-16-9-6-12/h12-13,16H,2-11H2,1H3. The fraction of sp³-hybridized carbons (Fsp3) is 0.867. The van der Waals surface area contributed by atoms with Gasteiger partial charge in [0.25, 0.3) is 0 Å². The summed E-state index contributed by atoms with van der Waals surface area (Å²) in [6.45, 7) is 6.80. The number of ether oxygens (including phenoxy) is 1. The molecule has 1 N–H and O–H groups in total. The molecule has 1 atom stereocenters. The minimum absolute atomic E-state index is 0.321. The minimum atomic E-state index is 0.321. The van der Waals surface area contributed by atoms with E-state index in [2.05, 4.69) is 20.4 Å². The summed E-state index contributed by atoms with van der Waals surface area (Å²) in [6.07, 6.45) is 5.54.